The number of benzene rings is 1. The van der Waals surface area contributed by atoms with Gasteiger partial charge in [0, 0.05) is 17.2 Å². The Kier molecular flexibility index (Phi) is 4.37. The molecule has 0 spiro atoms. The molecule has 0 saturated heterocycles. The Morgan fingerprint density at radius 2 is 1.87 bits per heavy atom. The van der Waals surface area contributed by atoms with E-state index in [2.05, 4.69) is 12.6 Å². The first kappa shape index (κ1) is 11.8. The maximum atomic E-state index is 11.8. The summed E-state index contributed by atoms with van der Waals surface area (Å²) < 4.78 is 0. The van der Waals surface area contributed by atoms with Crippen molar-refractivity contribution < 1.29 is 14.7 Å². The van der Waals surface area contributed by atoms with Gasteiger partial charge >= 0.3 is 5.97 Å². The van der Waals surface area contributed by atoms with Crippen LogP contribution in [0.5, 0.6) is 0 Å². The summed E-state index contributed by atoms with van der Waals surface area (Å²) in [6, 6.07) is 8.68. The molecule has 0 aliphatic carbocycles. The van der Waals surface area contributed by atoms with Gasteiger partial charge in [0.1, 0.15) is 0 Å². The zero-order valence-corrected chi connectivity index (χ0v) is 8.98. The van der Waals surface area contributed by atoms with E-state index >= 15 is 0 Å². The smallest absolute Gasteiger partial charge is 0.304 e. The number of carboxylic acid groups (broad SMARTS) is 1. The molecule has 4 heteroatoms. The monoisotopic (exact) mass is 224 g/mol. The molecule has 3 nitrogen and oxygen atoms in total. The lowest BCUT2D eigenvalue weighted by Gasteiger charge is -2.10. The van der Waals surface area contributed by atoms with Crippen LogP contribution in [-0.2, 0) is 4.79 Å². The fourth-order valence-electron chi connectivity index (χ4n) is 1.29. The summed E-state index contributed by atoms with van der Waals surface area (Å²) >= 11 is 4.00. The normalized spacial score (nSPS) is 12.1. The molecule has 0 saturated carbocycles. The van der Waals surface area contributed by atoms with Crippen LogP contribution in [0.25, 0.3) is 0 Å². The molecule has 15 heavy (non-hydrogen) atoms. The summed E-state index contributed by atoms with van der Waals surface area (Å²) in [4.78, 5) is 22.3. The molecule has 1 unspecified atom stereocenters. The van der Waals surface area contributed by atoms with Gasteiger partial charge in [-0.15, -0.1) is 0 Å². The molecule has 80 valence electrons. The Morgan fingerprint density at radius 1 is 1.27 bits per heavy atom. The number of carbonyl (C=O) groups excluding carboxylic acids is 1. The molecule has 1 aromatic carbocycles. The van der Waals surface area contributed by atoms with Crippen LogP contribution in [0.3, 0.4) is 0 Å². The summed E-state index contributed by atoms with van der Waals surface area (Å²) in [5.41, 5.74) is 0.540. The van der Waals surface area contributed by atoms with Crippen LogP contribution >= 0.6 is 12.6 Å². The molecule has 0 heterocycles. The molecule has 1 rings (SSSR count). The first-order valence-electron chi connectivity index (χ1n) is 4.57. The van der Waals surface area contributed by atoms with Crippen LogP contribution in [-0.4, -0.2) is 22.6 Å². The Hall–Kier alpha value is -1.29. The number of thiol groups is 1. The van der Waals surface area contributed by atoms with Gasteiger partial charge in [0.2, 0.25) is 0 Å². The number of aliphatic carboxylic acids is 1. The van der Waals surface area contributed by atoms with Crippen molar-refractivity contribution >= 4 is 24.4 Å². The fourth-order valence-corrected chi connectivity index (χ4v) is 1.58. The largest absolute Gasteiger partial charge is 0.481 e. The minimum atomic E-state index is -0.974. The van der Waals surface area contributed by atoms with Crippen molar-refractivity contribution in [2.24, 2.45) is 5.92 Å². The van der Waals surface area contributed by atoms with E-state index in [0.717, 1.165) is 0 Å². The molecular weight excluding hydrogens is 212 g/mol. The minimum absolute atomic E-state index is 0.159. The van der Waals surface area contributed by atoms with Crippen LogP contribution < -0.4 is 0 Å². The summed E-state index contributed by atoms with van der Waals surface area (Å²) in [6.45, 7) is 0. The third-order valence-electron chi connectivity index (χ3n) is 2.07. The molecule has 0 aliphatic rings. The van der Waals surface area contributed by atoms with Crippen molar-refractivity contribution in [1.29, 1.82) is 0 Å². The number of Topliss-reactive ketones (excluding diaryl/α,β-unsaturated/α-hetero) is 1. The van der Waals surface area contributed by atoms with Crippen molar-refractivity contribution in [3.8, 4) is 0 Å². The average Bonchev–Trinajstić information content (AvgIpc) is 2.26. The maximum absolute atomic E-state index is 11.8. The van der Waals surface area contributed by atoms with Gasteiger partial charge in [0.15, 0.2) is 5.78 Å². The van der Waals surface area contributed by atoms with E-state index in [9.17, 15) is 9.59 Å². The fraction of sp³-hybridized carbons (Fsp3) is 0.273. The van der Waals surface area contributed by atoms with Crippen LogP contribution in [0.2, 0.25) is 0 Å². The quantitative estimate of drug-likeness (QED) is 0.593. The predicted octanol–water partition coefficient (Wildman–Crippen LogP) is 1.89. The molecule has 0 radical (unpaired) electrons. The zero-order valence-electron chi connectivity index (χ0n) is 8.09. The van der Waals surface area contributed by atoms with E-state index in [1.54, 1.807) is 24.3 Å². The van der Waals surface area contributed by atoms with Gasteiger partial charge in [-0.05, 0) is 0 Å². The number of carbonyl (C=O) groups is 2. The van der Waals surface area contributed by atoms with Gasteiger partial charge < -0.3 is 5.11 Å². The zero-order chi connectivity index (χ0) is 11.3. The Bertz CT molecular complexity index is 348. The highest BCUT2D eigenvalue weighted by Gasteiger charge is 2.21. The van der Waals surface area contributed by atoms with Gasteiger partial charge in [0.25, 0.3) is 0 Å². The van der Waals surface area contributed by atoms with Gasteiger partial charge in [0.05, 0.1) is 6.42 Å². The van der Waals surface area contributed by atoms with E-state index in [1.807, 2.05) is 6.07 Å². The van der Waals surface area contributed by atoms with Crippen LogP contribution in [0.15, 0.2) is 30.3 Å². The van der Waals surface area contributed by atoms with Gasteiger partial charge in [-0.3, -0.25) is 9.59 Å². The second kappa shape index (κ2) is 5.56. The van der Waals surface area contributed by atoms with Crippen molar-refractivity contribution in [2.45, 2.75) is 6.42 Å². The Labute approximate surface area is 93.5 Å². The minimum Gasteiger partial charge on any atom is -0.481 e. The van der Waals surface area contributed by atoms with E-state index in [0.29, 0.717) is 5.56 Å². The summed E-state index contributed by atoms with van der Waals surface area (Å²) in [5.74, 6) is -1.43. The van der Waals surface area contributed by atoms with Crippen molar-refractivity contribution in [3.63, 3.8) is 0 Å². The molecule has 0 amide bonds. The van der Waals surface area contributed by atoms with Gasteiger partial charge in [-0.1, -0.05) is 30.3 Å². The predicted molar refractivity (Wildman–Crippen MR) is 60.4 cm³/mol. The van der Waals surface area contributed by atoms with Crippen LogP contribution in [0, 0.1) is 5.92 Å². The van der Waals surface area contributed by atoms with Crippen molar-refractivity contribution in [2.75, 3.05) is 5.75 Å². The highest BCUT2D eigenvalue weighted by Crippen LogP contribution is 2.13. The van der Waals surface area contributed by atoms with Crippen molar-refractivity contribution in [1.82, 2.24) is 0 Å². The molecule has 0 aliphatic heterocycles. The maximum Gasteiger partial charge on any atom is 0.304 e. The number of ketones is 1. The number of hydrogen-bond acceptors (Lipinski definition) is 3. The standard InChI is InChI=1S/C11H12O3S/c12-10(13)6-9(7-15)11(14)8-4-2-1-3-5-8/h1-5,9,15H,6-7H2,(H,12,13). The van der Waals surface area contributed by atoms with Gasteiger partial charge in [-0.25, -0.2) is 0 Å². The Balaban J connectivity index is 2.78. The topological polar surface area (TPSA) is 54.4 Å². The SMILES string of the molecule is O=C(O)CC(CS)C(=O)c1ccccc1. The first-order chi connectivity index (χ1) is 7.15. The second-order valence-corrected chi connectivity index (χ2v) is 3.57. The Morgan fingerprint density at radius 3 is 2.33 bits per heavy atom. The second-order valence-electron chi connectivity index (χ2n) is 3.21. The molecule has 0 fully saturated rings. The van der Waals surface area contributed by atoms with Gasteiger partial charge in [-0.2, -0.15) is 12.6 Å². The lowest BCUT2D eigenvalue weighted by atomic mass is 9.96. The first-order valence-corrected chi connectivity index (χ1v) is 5.20. The van der Waals surface area contributed by atoms with Crippen LogP contribution in [0.1, 0.15) is 16.8 Å². The third kappa shape index (κ3) is 3.40. The third-order valence-corrected chi connectivity index (χ3v) is 2.51. The number of carboxylic acids is 1. The summed E-state index contributed by atoms with van der Waals surface area (Å²) in [6.07, 6.45) is -0.169. The summed E-state index contributed by atoms with van der Waals surface area (Å²) in [7, 11) is 0. The number of hydrogen-bond donors (Lipinski definition) is 2. The van der Waals surface area contributed by atoms with E-state index < -0.39 is 11.9 Å². The van der Waals surface area contributed by atoms with Crippen molar-refractivity contribution in [3.05, 3.63) is 35.9 Å². The van der Waals surface area contributed by atoms with E-state index in [4.69, 9.17) is 5.11 Å². The molecule has 1 N–H and O–H groups in total. The summed E-state index contributed by atoms with van der Waals surface area (Å²) in [5, 5.41) is 8.62. The van der Waals surface area contributed by atoms with E-state index in [-0.39, 0.29) is 18.0 Å². The lowest BCUT2D eigenvalue weighted by molar-refractivity contribution is -0.137. The molecule has 1 aromatic rings. The highest BCUT2D eigenvalue weighted by atomic mass is 32.1. The molecule has 0 bridgehead atoms. The average molecular weight is 224 g/mol. The van der Waals surface area contributed by atoms with Crippen LogP contribution in [0.4, 0.5) is 0 Å². The molecule has 0 aromatic heterocycles. The number of rotatable bonds is 5. The lowest BCUT2D eigenvalue weighted by Crippen LogP contribution is -2.20. The highest BCUT2D eigenvalue weighted by molar-refractivity contribution is 7.80. The molecule has 1 atom stereocenters. The molecular formula is C11H12O3S. The van der Waals surface area contributed by atoms with E-state index in [1.165, 1.54) is 0 Å².